The van der Waals surface area contributed by atoms with Crippen molar-refractivity contribution < 1.29 is 9.59 Å². The molecule has 0 aromatic rings. The molecule has 0 bridgehead atoms. The zero-order valence-electron chi connectivity index (χ0n) is 19.9. The lowest BCUT2D eigenvalue weighted by Crippen LogP contribution is -2.28. The van der Waals surface area contributed by atoms with Gasteiger partial charge >= 0.3 is 0 Å². The van der Waals surface area contributed by atoms with E-state index >= 15 is 0 Å². The number of Topliss-reactive ketones (excluding diaryl/α,β-unsaturated/α-hetero) is 1. The van der Waals surface area contributed by atoms with Crippen molar-refractivity contribution in [1.82, 2.24) is 5.32 Å². The fraction of sp³-hybridized carbons (Fsp3) is 0.778. The number of hydrogen-bond donors (Lipinski definition) is 1. The van der Waals surface area contributed by atoms with Crippen LogP contribution in [0.2, 0.25) is 0 Å². The van der Waals surface area contributed by atoms with Crippen LogP contribution in [-0.2, 0) is 9.59 Å². The summed E-state index contributed by atoms with van der Waals surface area (Å²) in [6.07, 6.45) is 16.6. The van der Waals surface area contributed by atoms with Crippen LogP contribution in [0.3, 0.4) is 0 Å². The molecule has 0 aromatic heterocycles. The summed E-state index contributed by atoms with van der Waals surface area (Å²) in [5, 5.41) is 3.09. The number of nitrogens with one attached hydrogen (secondary N) is 1. The minimum atomic E-state index is 0.0182. The maximum Gasteiger partial charge on any atom is 0.246 e. The summed E-state index contributed by atoms with van der Waals surface area (Å²) in [5.41, 5.74) is 2.98. The molecule has 0 radical (unpaired) electrons. The van der Waals surface area contributed by atoms with E-state index in [2.05, 4.69) is 25.7 Å². The number of unbranched alkanes of at least 4 members (excludes halogenated alkanes) is 9. The Hall–Kier alpha value is -1.38. The summed E-state index contributed by atoms with van der Waals surface area (Å²) in [7, 11) is 0. The van der Waals surface area contributed by atoms with E-state index in [4.69, 9.17) is 0 Å². The summed E-state index contributed by atoms with van der Waals surface area (Å²) >= 11 is 0. The van der Waals surface area contributed by atoms with E-state index in [1.165, 1.54) is 63.4 Å². The molecule has 3 heteroatoms. The van der Waals surface area contributed by atoms with Gasteiger partial charge in [0.2, 0.25) is 5.91 Å². The molecule has 30 heavy (non-hydrogen) atoms. The SMILES string of the molecule is C=C(C(=O)NCCCCCCCCCCCC)[C@H]1CCC(C)[C@@H]2CC(=O)C(C)=C2C1. The third-order valence-electron chi connectivity index (χ3n) is 7.48. The molecule has 0 aromatic carbocycles. The van der Waals surface area contributed by atoms with Gasteiger partial charge in [-0.05, 0) is 55.9 Å². The average molecular weight is 416 g/mol. The molecule has 2 rings (SSSR count). The second-order valence-electron chi connectivity index (χ2n) is 9.80. The first-order chi connectivity index (χ1) is 14.5. The van der Waals surface area contributed by atoms with E-state index in [0.717, 1.165) is 43.4 Å². The van der Waals surface area contributed by atoms with E-state index < -0.39 is 0 Å². The number of hydrogen-bond acceptors (Lipinski definition) is 2. The Kier molecular flexibility index (Phi) is 10.9. The standard InChI is InChI=1S/C27H45NO2/c1-5-6-7-8-9-10-11-12-13-14-17-28-27(30)21(3)23-16-15-20(2)24-19-26(29)22(4)25(24)18-23/h20,23-24H,3,5-19H2,1-2,4H3,(H,28,30)/t20?,23-,24-/m0/s1. The predicted octanol–water partition coefficient (Wildman–Crippen LogP) is 6.92. The maximum atomic E-state index is 12.6. The van der Waals surface area contributed by atoms with Gasteiger partial charge in [0, 0.05) is 18.5 Å². The molecule has 2 aliphatic rings. The van der Waals surface area contributed by atoms with E-state index in [-0.39, 0.29) is 11.8 Å². The van der Waals surface area contributed by atoms with Crippen LogP contribution in [0.25, 0.3) is 0 Å². The first kappa shape index (κ1) is 24.9. The molecule has 3 atom stereocenters. The highest BCUT2D eigenvalue weighted by Crippen LogP contribution is 2.45. The average Bonchev–Trinajstić information content (AvgIpc) is 2.91. The lowest BCUT2D eigenvalue weighted by Gasteiger charge is -2.19. The molecule has 1 unspecified atom stereocenters. The van der Waals surface area contributed by atoms with Crippen molar-refractivity contribution >= 4 is 11.7 Å². The number of fused-ring (bicyclic) bond motifs is 1. The molecular formula is C27H45NO2. The van der Waals surface area contributed by atoms with Crippen LogP contribution >= 0.6 is 0 Å². The summed E-state index contributed by atoms with van der Waals surface area (Å²) in [6, 6.07) is 0. The highest BCUT2D eigenvalue weighted by Gasteiger charge is 2.37. The Labute approximate surface area is 185 Å². The van der Waals surface area contributed by atoms with Crippen LogP contribution in [0.15, 0.2) is 23.3 Å². The van der Waals surface area contributed by atoms with Crippen molar-refractivity contribution in [1.29, 1.82) is 0 Å². The predicted molar refractivity (Wildman–Crippen MR) is 126 cm³/mol. The van der Waals surface area contributed by atoms with Gasteiger partial charge in [-0.15, -0.1) is 0 Å². The Morgan fingerprint density at radius 2 is 1.57 bits per heavy atom. The van der Waals surface area contributed by atoms with Gasteiger partial charge in [0.1, 0.15) is 0 Å². The molecule has 0 saturated heterocycles. The summed E-state index contributed by atoms with van der Waals surface area (Å²) in [5.74, 6) is 1.42. The van der Waals surface area contributed by atoms with Crippen LogP contribution in [-0.4, -0.2) is 18.2 Å². The summed E-state index contributed by atoms with van der Waals surface area (Å²) in [6.45, 7) is 11.4. The second kappa shape index (κ2) is 13.1. The topological polar surface area (TPSA) is 46.2 Å². The minimum Gasteiger partial charge on any atom is -0.352 e. The summed E-state index contributed by atoms with van der Waals surface area (Å²) < 4.78 is 0. The van der Waals surface area contributed by atoms with Crippen molar-refractivity contribution in [3.8, 4) is 0 Å². The lowest BCUT2D eigenvalue weighted by molar-refractivity contribution is -0.118. The van der Waals surface area contributed by atoms with Crippen LogP contribution in [0.1, 0.15) is 111 Å². The van der Waals surface area contributed by atoms with Crippen LogP contribution in [0.5, 0.6) is 0 Å². The molecule has 0 heterocycles. The van der Waals surface area contributed by atoms with Crippen molar-refractivity contribution in [3.63, 3.8) is 0 Å². The van der Waals surface area contributed by atoms with Gasteiger partial charge in [-0.25, -0.2) is 0 Å². The van der Waals surface area contributed by atoms with E-state index in [1.807, 2.05) is 6.92 Å². The van der Waals surface area contributed by atoms with E-state index in [9.17, 15) is 9.59 Å². The first-order valence-electron chi connectivity index (χ1n) is 12.7. The van der Waals surface area contributed by atoms with Crippen LogP contribution in [0, 0.1) is 17.8 Å². The molecule has 0 aliphatic heterocycles. The van der Waals surface area contributed by atoms with Gasteiger partial charge in [-0.1, -0.05) is 83.8 Å². The fourth-order valence-electron chi connectivity index (χ4n) is 5.23. The third-order valence-corrected chi connectivity index (χ3v) is 7.48. The smallest absolute Gasteiger partial charge is 0.246 e. The molecule has 0 spiro atoms. The molecule has 170 valence electrons. The van der Waals surface area contributed by atoms with Crippen molar-refractivity contribution in [3.05, 3.63) is 23.3 Å². The fourth-order valence-corrected chi connectivity index (χ4v) is 5.23. The van der Waals surface area contributed by atoms with Gasteiger partial charge in [0.15, 0.2) is 5.78 Å². The van der Waals surface area contributed by atoms with Crippen molar-refractivity contribution in [2.45, 2.75) is 111 Å². The number of ketones is 1. The molecular weight excluding hydrogens is 370 g/mol. The van der Waals surface area contributed by atoms with E-state index in [1.54, 1.807) is 0 Å². The van der Waals surface area contributed by atoms with E-state index in [0.29, 0.717) is 24.0 Å². The quantitative estimate of drug-likeness (QED) is 0.262. The van der Waals surface area contributed by atoms with Gasteiger partial charge < -0.3 is 5.32 Å². The Morgan fingerprint density at radius 3 is 2.20 bits per heavy atom. The number of carbonyl (C=O) groups excluding carboxylic acids is 2. The minimum absolute atomic E-state index is 0.0182. The number of carbonyl (C=O) groups is 2. The van der Waals surface area contributed by atoms with Crippen LogP contribution in [0.4, 0.5) is 0 Å². The molecule has 3 nitrogen and oxygen atoms in total. The van der Waals surface area contributed by atoms with Gasteiger partial charge in [-0.3, -0.25) is 9.59 Å². The molecule has 1 amide bonds. The molecule has 1 saturated carbocycles. The Morgan fingerprint density at radius 1 is 0.967 bits per heavy atom. The van der Waals surface area contributed by atoms with Gasteiger partial charge in [0.05, 0.1) is 0 Å². The zero-order valence-corrected chi connectivity index (χ0v) is 19.9. The third kappa shape index (κ3) is 7.39. The zero-order chi connectivity index (χ0) is 21.9. The monoisotopic (exact) mass is 415 g/mol. The van der Waals surface area contributed by atoms with Crippen molar-refractivity contribution in [2.75, 3.05) is 6.54 Å². The van der Waals surface area contributed by atoms with Crippen molar-refractivity contribution in [2.24, 2.45) is 17.8 Å². The Bertz CT molecular complexity index is 618. The molecule has 1 N–H and O–H groups in total. The maximum absolute atomic E-state index is 12.6. The highest BCUT2D eigenvalue weighted by molar-refractivity contribution is 5.99. The number of amides is 1. The van der Waals surface area contributed by atoms with Gasteiger partial charge in [0.25, 0.3) is 0 Å². The largest absolute Gasteiger partial charge is 0.352 e. The van der Waals surface area contributed by atoms with Gasteiger partial charge in [-0.2, -0.15) is 0 Å². The highest BCUT2D eigenvalue weighted by atomic mass is 16.1. The number of allylic oxidation sites excluding steroid dienone is 2. The Balaban J connectivity index is 1.64. The normalized spacial score (nSPS) is 24.0. The lowest BCUT2D eigenvalue weighted by atomic mass is 9.86. The summed E-state index contributed by atoms with van der Waals surface area (Å²) in [4.78, 5) is 24.8. The first-order valence-corrected chi connectivity index (χ1v) is 12.7. The second-order valence-corrected chi connectivity index (χ2v) is 9.80. The van der Waals surface area contributed by atoms with Crippen LogP contribution < -0.4 is 5.32 Å². The molecule has 2 aliphatic carbocycles. The molecule has 1 fully saturated rings. The number of rotatable bonds is 13.